The van der Waals surface area contributed by atoms with Gasteiger partial charge in [0.15, 0.2) is 17.3 Å². The minimum Gasteiger partial charge on any atom is -0.459 e. The van der Waals surface area contributed by atoms with Crippen LogP contribution in [-0.4, -0.2) is 47.9 Å². The van der Waals surface area contributed by atoms with Gasteiger partial charge < -0.3 is 24.1 Å². The van der Waals surface area contributed by atoms with Crippen LogP contribution in [0.2, 0.25) is 0 Å². The Kier molecular flexibility index (Phi) is 5.04. The van der Waals surface area contributed by atoms with Gasteiger partial charge in [0.25, 0.3) is 5.91 Å². The second-order valence-corrected chi connectivity index (χ2v) is 9.32. The number of carbonyl (C=O) groups is 2. The van der Waals surface area contributed by atoms with Gasteiger partial charge in [0.2, 0.25) is 0 Å². The van der Waals surface area contributed by atoms with E-state index in [1.165, 1.54) is 18.4 Å². The lowest BCUT2D eigenvalue weighted by Crippen LogP contribution is -2.48. The zero-order valence-corrected chi connectivity index (χ0v) is 20.1. The summed E-state index contributed by atoms with van der Waals surface area (Å²) in [5.74, 6) is 0.235. The molecule has 3 heterocycles. The van der Waals surface area contributed by atoms with Crippen LogP contribution in [0.4, 0.5) is 21.5 Å². The molecule has 2 aromatic heterocycles. The predicted molar refractivity (Wildman–Crippen MR) is 139 cm³/mol. The lowest BCUT2D eigenvalue weighted by molar-refractivity contribution is 0.0714. The molecule has 1 amide bonds. The van der Waals surface area contributed by atoms with Crippen LogP contribution in [0, 0.1) is 5.82 Å². The monoisotopic (exact) mass is 508 g/mol. The second kappa shape index (κ2) is 8.58. The van der Waals surface area contributed by atoms with Crippen molar-refractivity contribution in [2.75, 3.05) is 36.4 Å². The SMILES string of the molecule is O=C1c2ccccc2-c2onc3c(N4CCN(C(=O)c5ccco5)CC4)cc(Nc4ccc(F)cc4)c1c23. The fraction of sp³-hybridized carbons (Fsp3) is 0.138. The van der Waals surface area contributed by atoms with Crippen LogP contribution in [0.1, 0.15) is 26.5 Å². The zero-order valence-electron chi connectivity index (χ0n) is 20.1. The molecule has 1 aliphatic carbocycles. The van der Waals surface area contributed by atoms with Crippen molar-refractivity contribution in [2.45, 2.75) is 0 Å². The Morgan fingerprint density at radius 1 is 0.947 bits per heavy atom. The molecule has 38 heavy (non-hydrogen) atoms. The first-order valence-corrected chi connectivity index (χ1v) is 12.3. The third kappa shape index (κ3) is 3.47. The number of furan rings is 1. The number of amides is 1. The molecule has 0 bridgehead atoms. The van der Waals surface area contributed by atoms with E-state index in [9.17, 15) is 14.0 Å². The average Bonchev–Trinajstić information content (AvgIpc) is 3.64. The fourth-order valence-electron chi connectivity index (χ4n) is 5.28. The summed E-state index contributed by atoms with van der Waals surface area (Å²) in [5, 5.41) is 8.37. The van der Waals surface area contributed by atoms with Gasteiger partial charge in [-0.15, -0.1) is 0 Å². The third-order valence-electron chi connectivity index (χ3n) is 7.14. The molecule has 8 nitrogen and oxygen atoms in total. The van der Waals surface area contributed by atoms with Crippen molar-refractivity contribution in [1.82, 2.24) is 10.1 Å². The van der Waals surface area contributed by atoms with Crippen molar-refractivity contribution < 1.29 is 22.9 Å². The van der Waals surface area contributed by atoms with E-state index < -0.39 is 0 Å². The first-order valence-electron chi connectivity index (χ1n) is 12.3. The summed E-state index contributed by atoms with van der Waals surface area (Å²) < 4.78 is 24.7. The number of ketones is 1. The van der Waals surface area contributed by atoms with Crippen molar-refractivity contribution >= 4 is 39.7 Å². The number of piperazine rings is 1. The van der Waals surface area contributed by atoms with Gasteiger partial charge in [-0.05, 0) is 42.5 Å². The molecule has 2 aliphatic rings. The van der Waals surface area contributed by atoms with E-state index in [1.54, 1.807) is 35.2 Å². The van der Waals surface area contributed by atoms with Gasteiger partial charge in [-0.2, -0.15) is 0 Å². The highest BCUT2D eigenvalue weighted by atomic mass is 19.1. The highest BCUT2D eigenvalue weighted by Crippen LogP contribution is 2.46. The highest BCUT2D eigenvalue weighted by Gasteiger charge is 2.34. The molecular formula is C29H21FN4O4. The quantitative estimate of drug-likeness (QED) is 0.337. The molecule has 188 valence electrons. The predicted octanol–water partition coefficient (Wildman–Crippen LogP) is 5.48. The Labute approximate surface area is 216 Å². The minimum atomic E-state index is -0.346. The average molecular weight is 509 g/mol. The van der Waals surface area contributed by atoms with Gasteiger partial charge in [-0.1, -0.05) is 29.4 Å². The summed E-state index contributed by atoms with van der Waals surface area (Å²) in [7, 11) is 0. The number of anilines is 3. The molecule has 0 saturated carbocycles. The lowest BCUT2D eigenvalue weighted by Gasteiger charge is -2.36. The lowest BCUT2D eigenvalue weighted by atomic mass is 9.86. The van der Waals surface area contributed by atoms with Crippen LogP contribution >= 0.6 is 0 Å². The van der Waals surface area contributed by atoms with Crippen LogP contribution in [0.5, 0.6) is 0 Å². The maximum atomic E-state index is 13.7. The largest absolute Gasteiger partial charge is 0.459 e. The van der Waals surface area contributed by atoms with Crippen molar-refractivity contribution in [3.63, 3.8) is 0 Å². The maximum absolute atomic E-state index is 13.7. The molecule has 7 rings (SSSR count). The van der Waals surface area contributed by atoms with Crippen LogP contribution in [0.15, 0.2) is 81.9 Å². The molecule has 3 aromatic carbocycles. The van der Waals surface area contributed by atoms with Crippen LogP contribution < -0.4 is 10.2 Å². The fourth-order valence-corrected chi connectivity index (χ4v) is 5.28. The van der Waals surface area contributed by atoms with Crippen molar-refractivity contribution in [3.05, 3.63) is 95.7 Å². The van der Waals surface area contributed by atoms with E-state index >= 15 is 0 Å². The molecule has 1 fully saturated rings. The zero-order chi connectivity index (χ0) is 25.8. The van der Waals surface area contributed by atoms with Crippen molar-refractivity contribution in [2.24, 2.45) is 0 Å². The van der Waals surface area contributed by atoms with Gasteiger partial charge in [0, 0.05) is 43.0 Å². The van der Waals surface area contributed by atoms with Gasteiger partial charge in [-0.3, -0.25) is 9.59 Å². The van der Waals surface area contributed by atoms with E-state index in [2.05, 4.69) is 15.4 Å². The molecule has 1 saturated heterocycles. The minimum absolute atomic E-state index is 0.133. The number of aromatic nitrogens is 1. The Bertz CT molecular complexity index is 1700. The smallest absolute Gasteiger partial charge is 0.289 e. The number of benzene rings is 3. The van der Waals surface area contributed by atoms with Crippen molar-refractivity contribution in [1.29, 1.82) is 0 Å². The second-order valence-electron chi connectivity index (χ2n) is 9.32. The van der Waals surface area contributed by atoms with Crippen molar-refractivity contribution in [3.8, 4) is 11.3 Å². The van der Waals surface area contributed by atoms with E-state index in [0.717, 1.165) is 5.69 Å². The molecule has 1 N–H and O–H groups in total. The molecule has 0 unspecified atom stereocenters. The van der Waals surface area contributed by atoms with Crippen LogP contribution in [0.3, 0.4) is 0 Å². The molecule has 9 heteroatoms. The number of halogens is 1. The first kappa shape index (κ1) is 22.3. The van der Waals surface area contributed by atoms with E-state index in [1.807, 2.05) is 24.3 Å². The van der Waals surface area contributed by atoms with Gasteiger partial charge >= 0.3 is 0 Å². The Morgan fingerprint density at radius 2 is 1.71 bits per heavy atom. The van der Waals surface area contributed by atoms with Gasteiger partial charge in [-0.25, -0.2) is 4.39 Å². The number of fused-ring (bicyclic) bond motifs is 2. The first-order chi connectivity index (χ1) is 18.6. The topological polar surface area (TPSA) is 91.8 Å². The number of nitrogens with zero attached hydrogens (tertiary/aromatic N) is 3. The van der Waals surface area contributed by atoms with E-state index in [4.69, 9.17) is 8.94 Å². The summed E-state index contributed by atoms with van der Waals surface area (Å²) >= 11 is 0. The van der Waals surface area contributed by atoms with Gasteiger partial charge in [0.05, 0.1) is 28.6 Å². The molecule has 0 radical (unpaired) electrons. The number of nitrogens with one attached hydrogen (secondary N) is 1. The summed E-state index contributed by atoms with van der Waals surface area (Å²) in [6.07, 6.45) is 1.49. The van der Waals surface area contributed by atoms with Gasteiger partial charge in [0.1, 0.15) is 11.3 Å². The normalized spacial score (nSPS) is 14.6. The summed E-state index contributed by atoms with van der Waals surface area (Å²) in [5.41, 5.74) is 4.32. The van der Waals surface area contributed by atoms with E-state index in [0.29, 0.717) is 76.7 Å². The molecule has 1 aliphatic heterocycles. The molecule has 0 spiro atoms. The summed E-state index contributed by atoms with van der Waals surface area (Å²) in [6, 6.07) is 18.6. The number of carbonyl (C=O) groups excluding carboxylic acids is 2. The van der Waals surface area contributed by atoms with Crippen LogP contribution in [-0.2, 0) is 0 Å². The third-order valence-corrected chi connectivity index (χ3v) is 7.14. The highest BCUT2D eigenvalue weighted by molar-refractivity contribution is 6.28. The molecular weight excluding hydrogens is 487 g/mol. The number of hydrogen-bond acceptors (Lipinski definition) is 7. The molecule has 5 aromatic rings. The van der Waals surface area contributed by atoms with E-state index in [-0.39, 0.29) is 17.5 Å². The van der Waals surface area contributed by atoms with Crippen LogP contribution in [0.25, 0.3) is 22.2 Å². The Morgan fingerprint density at radius 3 is 2.45 bits per heavy atom. The summed E-state index contributed by atoms with van der Waals surface area (Å²) in [4.78, 5) is 30.4. The number of hydrogen-bond donors (Lipinski definition) is 1. The Balaban J connectivity index is 1.31. The standard InChI is InChI=1S/C29H21FN4O4/c30-17-7-9-18(10-8-17)31-21-16-22(33-11-13-34(14-12-33)29(36)23-6-3-15-37-23)26-25-24(21)27(35)19-4-1-2-5-20(19)28(25)38-32-26/h1-10,15-16,31H,11-14H2. The maximum Gasteiger partial charge on any atom is 0.289 e. The summed E-state index contributed by atoms with van der Waals surface area (Å²) in [6.45, 7) is 2.11. The Hall–Kier alpha value is -4.92. The number of rotatable bonds is 4. The molecule has 0 atom stereocenters.